The number of guanidine groups is 1. The number of nitrogens with zero attached hydrogens (tertiary/aromatic N) is 1. The van der Waals surface area contributed by atoms with Crippen molar-refractivity contribution < 1.29 is 9.47 Å². The Morgan fingerprint density at radius 1 is 1.26 bits per heavy atom. The summed E-state index contributed by atoms with van der Waals surface area (Å²) < 4.78 is 10.5. The van der Waals surface area contributed by atoms with Gasteiger partial charge in [-0.2, -0.15) is 0 Å². The number of hydrogen-bond donors (Lipinski definition) is 2. The summed E-state index contributed by atoms with van der Waals surface area (Å²) in [7, 11) is 3.24. The molecule has 0 saturated heterocycles. The summed E-state index contributed by atoms with van der Waals surface area (Å²) in [5.74, 6) is 2.25. The average Bonchev–Trinajstić information content (AvgIpc) is 3.12. The number of benzene rings is 1. The Labute approximate surface area is 141 Å². The van der Waals surface area contributed by atoms with Crippen molar-refractivity contribution in [3.63, 3.8) is 0 Å². The van der Waals surface area contributed by atoms with E-state index in [0.29, 0.717) is 29.9 Å². The molecule has 0 aliphatic carbocycles. The summed E-state index contributed by atoms with van der Waals surface area (Å²) >= 11 is 1.75. The standard InChI is InChI=1S/C17H23N3O2S/c1-12(16-5-4-8-23-16)10-19-17(18)20-11-13-6-7-14(21-2)15(9-13)22-3/h4-9,12H,10-11H2,1-3H3,(H3,18,19,20). The Morgan fingerprint density at radius 3 is 2.70 bits per heavy atom. The molecule has 0 saturated carbocycles. The molecule has 0 aliphatic rings. The summed E-state index contributed by atoms with van der Waals surface area (Å²) in [4.78, 5) is 5.71. The van der Waals surface area contributed by atoms with E-state index in [1.165, 1.54) is 4.88 Å². The number of ether oxygens (including phenoxy) is 2. The van der Waals surface area contributed by atoms with Crippen molar-refractivity contribution >= 4 is 17.3 Å². The zero-order valence-corrected chi connectivity index (χ0v) is 14.5. The minimum Gasteiger partial charge on any atom is -0.493 e. The maximum Gasteiger partial charge on any atom is 0.188 e. The first-order valence-corrected chi connectivity index (χ1v) is 8.30. The first-order valence-electron chi connectivity index (χ1n) is 7.42. The van der Waals surface area contributed by atoms with Gasteiger partial charge < -0.3 is 20.5 Å². The van der Waals surface area contributed by atoms with Crippen LogP contribution in [0.3, 0.4) is 0 Å². The fourth-order valence-corrected chi connectivity index (χ4v) is 2.93. The molecule has 23 heavy (non-hydrogen) atoms. The minimum absolute atomic E-state index is 0.407. The lowest BCUT2D eigenvalue weighted by Crippen LogP contribution is -2.34. The fraction of sp³-hybridized carbons (Fsp3) is 0.353. The molecule has 0 aliphatic heterocycles. The molecule has 1 heterocycles. The minimum atomic E-state index is 0.407. The highest BCUT2D eigenvalue weighted by Crippen LogP contribution is 2.27. The highest BCUT2D eigenvalue weighted by Gasteiger charge is 2.07. The Morgan fingerprint density at radius 2 is 2.04 bits per heavy atom. The molecular formula is C17H23N3O2S. The molecule has 0 spiro atoms. The lowest BCUT2D eigenvalue weighted by Gasteiger charge is -2.12. The van der Waals surface area contributed by atoms with Gasteiger partial charge in [-0.3, -0.25) is 0 Å². The predicted molar refractivity (Wildman–Crippen MR) is 95.6 cm³/mol. The first-order chi connectivity index (χ1) is 11.1. The molecule has 1 unspecified atom stereocenters. The lowest BCUT2D eigenvalue weighted by molar-refractivity contribution is 0.354. The largest absolute Gasteiger partial charge is 0.493 e. The van der Waals surface area contributed by atoms with Crippen molar-refractivity contribution in [3.8, 4) is 11.5 Å². The second kappa shape index (κ2) is 8.43. The Bertz CT molecular complexity index is 641. The monoisotopic (exact) mass is 333 g/mol. The molecule has 124 valence electrons. The van der Waals surface area contributed by atoms with E-state index in [1.54, 1.807) is 25.6 Å². The van der Waals surface area contributed by atoms with Crippen LogP contribution >= 0.6 is 11.3 Å². The second-order valence-electron chi connectivity index (χ2n) is 5.19. The van der Waals surface area contributed by atoms with Gasteiger partial charge in [0, 0.05) is 17.3 Å². The van der Waals surface area contributed by atoms with Crippen LogP contribution in [0.2, 0.25) is 0 Å². The molecule has 0 fully saturated rings. The quantitative estimate of drug-likeness (QED) is 0.604. The molecule has 3 N–H and O–H groups in total. The van der Waals surface area contributed by atoms with E-state index in [9.17, 15) is 0 Å². The summed E-state index contributed by atoms with van der Waals surface area (Å²) in [6, 6.07) is 9.92. The molecule has 0 amide bonds. The van der Waals surface area contributed by atoms with Gasteiger partial charge in [0.2, 0.25) is 0 Å². The Hall–Kier alpha value is -2.21. The molecular weight excluding hydrogens is 310 g/mol. The summed E-state index contributed by atoms with van der Waals surface area (Å²) in [6.07, 6.45) is 0. The van der Waals surface area contributed by atoms with Crippen molar-refractivity contribution in [2.75, 3.05) is 20.8 Å². The van der Waals surface area contributed by atoms with E-state index in [2.05, 4.69) is 34.7 Å². The van der Waals surface area contributed by atoms with Gasteiger partial charge in [0.1, 0.15) is 0 Å². The van der Waals surface area contributed by atoms with Crippen LogP contribution in [0.1, 0.15) is 23.3 Å². The third-order valence-electron chi connectivity index (χ3n) is 3.50. The summed E-state index contributed by atoms with van der Waals surface area (Å²) in [6.45, 7) is 3.43. The number of methoxy groups -OCH3 is 2. The number of nitrogens with two attached hydrogens (primary N) is 1. The molecule has 1 aromatic carbocycles. The highest BCUT2D eigenvalue weighted by atomic mass is 32.1. The topological polar surface area (TPSA) is 68.9 Å². The van der Waals surface area contributed by atoms with E-state index >= 15 is 0 Å². The Balaban J connectivity index is 1.89. The SMILES string of the molecule is COc1ccc(CN=C(N)NCC(C)c2cccs2)cc1OC. The smallest absolute Gasteiger partial charge is 0.188 e. The number of rotatable bonds is 7. The second-order valence-corrected chi connectivity index (χ2v) is 6.17. The number of hydrogen-bond acceptors (Lipinski definition) is 4. The van der Waals surface area contributed by atoms with E-state index in [4.69, 9.17) is 15.2 Å². The fourth-order valence-electron chi connectivity index (χ4n) is 2.14. The van der Waals surface area contributed by atoms with E-state index in [1.807, 2.05) is 18.2 Å². The first kappa shape index (κ1) is 17.1. The maximum atomic E-state index is 5.94. The Kier molecular flexibility index (Phi) is 6.29. The summed E-state index contributed by atoms with van der Waals surface area (Å²) in [5.41, 5.74) is 6.95. The normalized spacial score (nSPS) is 12.7. The third kappa shape index (κ3) is 4.89. The third-order valence-corrected chi connectivity index (χ3v) is 4.60. The van der Waals surface area contributed by atoms with Crippen molar-refractivity contribution in [3.05, 3.63) is 46.2 Å². The van der Waals surface area contributed by atoms with Gasteiger partial charge >= 0.3 is 0 Å². The van der Waals surface area contributed by atoms with Gasteiger partial charge in [0.05, 0.1) is 20.8 Å². The number of aliphatic imine (C=N–C) groups is 1. The van der Waals surface area contributed by atoms with Crippen LogP contribution in [-0.4, -0.2) is 26.7 Å². The van der Waals surface area contributed by atoms with Crippen LogP contribution in [0.25, 0.3) is 0 Å². The molecule has 5 nitrogen and oxygen atoms in total. The van der Waals surface area contributed by atoms with Crippen LogP contribution in [0.4, 0.5) is 0 Å². The lowest BCUT2D eigenvalue weighted by atomic mass is 10.1. The number of nitrogens with one attached hydrogen (secondary N) is 1. The van der Waals surface area contributed by atoms with Crippen molar-refractivity contribution in [2.45, 2.75) is 19.4 Å². The van der Waals surface area contributed by atoms with Crippen molar-refractivity contribution in [1.82, 2.24) is 5.32 Å². The van der Waals surface area contributed by atoms with E-state index < -0.39 is 0 Å². The zero-order chi connectivity index (χ0) is 16.7. The van der Waals surface area contributed by atoms with Gasteiger partial charge in [-0.05, 0) is 29.1 Å². The maximum absolute atomic E-state index is 5.94. The zero-order valence-electron chi connectivity index (χ0n) is 13.7. The molecule has 6 heteroatoms. The van der Waals surface area contributed by atoms with Crippen LogP contribution in [0, 0.1) is 0 Å². The molecule has 0 radical (unpaired) electrons. The van der Waals surface area contributed by atoms with Gasteiger partial charge in [-0.25, -0.2) is 4.99 Å². The van der Waals surface area contributed by atoms with Crippen LogP contribution in [0.15, 0.2) is 40.7 Å². The van der Waals surface area contributed by atoms with Crippen LogP contribution in [-0.2, 0) is 6.54 Å². The van der Waals surface area contributed by atoms with Crippen LogP contribution < -0.4 is 20.5 Å². The van der Waals surface area contributed by atoms with Gasteiger partial charge in [0.15, 0.2) is 17.5 Å². The van der Waals surface area contributed by atoms with Crippen molar-refractivity contribution in [1.29, 1.82) is 0 Å². The van der Waals surface area contributed by atoms with Gasteiger partial charge in [0.25, 0.3) is 0 Å². The summed E-state index contributed by atoms with van der Waals surface area (Å²) in [5, 5.41) is 5.25. The predicted octanol–water partition coefficient (Wildman–Crippen LogP) is 2.97. The highest BCUT2D eigenvalue weighted by molar-refractivity contribution is 7.10. The molecule has 0 bridgehead atoms. The van der Waals surface area contributed by atoms with Gasteiger partial charge in [-0.15, -0.1) is 11.3 Å². The molecule has 2 aromatic rings. The number of thiophene rings is 1. The average molecular weight is 333 g/mol. The van der Waals surface area contributed by atoms with E-state index in [0.717, 1.165) is 12.1 Å². The molecule has 1 aromatic heterocycles. The van der Waals surface area contributed by atoms with E-state index in [-0.39, 0.29) is 0 Å². The van der Waals surface area contributed by atoms with Crippen molar-refractivity contribution in [2.24, 2.45) is 10.7 Å². The van der Waals surface area contributed by atoms with Gasteiger partial charge in [-0.1, -0.05) is 19.1 Å². The molecule has 2 rings (SSSR count). The molecule has 1 atom stereocenters. The van der Waals surface area contributed by atoms with Crippen LogP contribution in [0.5, 0.6) is 11.5 Å².